The summed E-state index contributed by atoms with van der Waals surface area (Å²) in [5.41, 5.74) is -1.99. The Morgan fingerprint density at radius 3 is 2.58 bits per heavy atom. The van der Waals surface area contributed by atoms with Crippen molar-refractivity contribution in [1.29, 1.82) is 0 Å². The number of amides is 1. The molecule has 33 heavy (non-hydrogen) atoms. The largest absolute Gasteiger partial charge is 0.419 e. The lowest BCUT2D eigenvalue weighted by Gasteiger charge is -2.08. The maximum atomic E-state index is 13.8. The number of aryl methyl sites for hydroxylation is 1. The van der Waals surface area contributed by atoms with Crippen LogP contribution < -0.4 is 16.6 Å². The molecule has 3 heterocycles. The van der Waals surface area contributed by atoms with Crippen molar-refractivity contribution in [1.82, 2.24) is 18.5 Å². The lowest BCUT2D eigenvalue weighted by molar-refractivity contribution is -0.140. The van der Waals surface area contributed by atoms with Gasteiger partial charge in [0.1, 0.15) is 5.82 Å². The average Bonchev–Trinajstić information content (AvgIpc) is 3.37. The molecule has 1 amide bonds. The maximum Gasteiger partial charge on any atom is 0.419 e. The number of benzene rings is 1. The number of aromatic nitrogens is 4. The molecule has 8 nitrogen and oxygen atoms in total. The maximum absolute atomic E-state index is 13.8. The van der Waals surface area contributed by atoms with E-state index in [2.05, 4.69) is 14.7 Å². The standard InChI is InChI=1S/C19H13F4N5O3S2/c1-27-15-14(16(30)28(2)18(27)31)12(33-26-15)6-13(29)25-17-24-11(7-32-17)8-3-4-9(10(20)5-8)19(21,22)23/h3-5,7H,6H2,1-2H3,(H,24,25,29). The quantitative estimate of drug-likeness (QED) is 0.435. The molecule has 172 valence electrons. The number of nitrogens with one attached hydrogen (secondary N) is 1. The second-order valence-electron chi connectivity index (χ2n) is 6.97. The smallest absolute Gasteiger partial charge is 0.302 e. The molecule has 0 aliphatic carbocycles. The fraction of sp³-hybridized carbons (Fsp3) is 0.211. The van der Waals surface area contributed by atoms with E-state index in [4.69, 9.17) is 0 Å². The predicted molar refractivity (Wildman–Crippen MR) is 115 cm³/mol. The van der Waals surface area contributed by atoms with Gasteiger partial charge in [-0.2, -0.15) is 17.5 Å². The predicted octanol–water partition coefficient (Wildman–Crippen LogP) is 3.16. The number of anilines is 1. The molecular weight excluding hydrogens is 486 g/mol. The summed E-state index contributed by atoms with van der Waals surface area (Å²) in [6.45, 7) is 0. The van der Waals surface area contributed by atoms with Crippen LogP contribution in [0.2, 0.25) is 0 Å². The van der Waals surface area contributed by atoms with Gasteiger partial charge in [0, 0.05) is 29.9 Å². The lowest BCUT2D eigenvalue weighted by atomic mass is 10.1. The van der Waals surface area contributed by atoms with E-state index >= 15 is 0 Å². The number of carbonyl (C=O) groups is 1. The fourth-order valence-corrected chi connectivity index (χ4v) is 4.74. The zero-order valence-electron chi connectivity index (χ0n) is 16.9. The number of hydrogen-bond donors (Lipinski definition) is 1. The number of rotatable bonds is 4. The van der Waals surface area contributed by atoms with Crippen molar-refractivity contribution in [3.63, 3.8) is 0 Å². The van der Waals surface area contributed by atoms with Gasteiger partial charge in [0.2, 0.25) is 5.91 Å². The fourth-order valence-electron chi connectivity index (χ4n) is 3.13. The number of hydrogen-bond acceptors (Lipinski definition) is 7. The minimum Gasteiger partial charge on any atom is -0.302 e. The minimum absolute atomic E-state index is 0.120. The van der Waals surface area contributed by atoms with E-state index in [1.807, 2.05) is 0 Å². The van der Waals surface area contributed by atoms with Crippen LogP contribution in [0.5, 0.6) is 0 Å². The van der Waals surface area contributed by atoms with Gasteiger partial charge in [-0.3, -0.25) is 18.7 Å². The van der Waals surface area contributed by atoms with Gasteiger partial charge in [-0.15, -0.1) is 11.3 Å². The van der Waals surface area contributed by atoms with E-state index in [1.165, 1.54) is 24.0 Å². The van der Waals surface area contributed by atoms with E-state index in [0.717, 1.165) is 39.6 Å². The molecule has 0 atom stereocenters. The van der Waals surface area contributed by atoms with Gasteiger partial charge in [-0.25, -0.2) is 14.2 Å². The topological polar surface area (TPSA) is 98.9 Å². The summed E-state index contributed by atoms with van der Waals surface area (Å²) in [4.78, 5) is 41.5. The second-order valence-corrected chi connectivity index (χ2v) is 8.68. The molecule has 1 N–H and O–H groups in total. The first kappa shape index (κ1) is 22.8. The zero-order valence-corrected chi connectivity index (χ0v) is 18.5. The van der Waals surface area contributed by atoms with Crippen molar-refractivity contribution >= 4 is 44.9 Å². The van der Waals surface area contributed by atoms with Crippen LogP contribution in [-0.2, 0) is 31.5 Å². The third-order valence-corrected chi connectivity index (χ3v) is 6.39. The Labute approximate surface area is 189 Å². The van der Waals surface area contributed by atoms with Crippen molar-refractivity contribution in [2.45, 2.75) is 12.6 Å². The highest BCUT2D eigenvalue weighted by Gasteiger charge is 2.34. The molecule has 0 aliphatic heterocycles. The number of carbonyl (C=O) groups excluding carboxylic acids is 1. The summed E-state index contributed by atoms with van der Waals surface area (Å²) >= 11 is 1.92. The molecule has 0 saturated carbocycles. The van der Waals surface area contributed by atoms with Gasteiger partial charge >= 0.3 is 11.9 Å². The molecule has 0 fully saturated rings. The molecular formula is C19H13F4N5O3S2. The number of alkyl halides is 3. The van der Waals surface area contributed by atoms with Gasteiger partial charge in [-0.05, 0) is 23.7 Å². The van der Waals surface area contributed by atoms with Gasteiger partial charge in [0.25, 0.3) is 5.56 Å². The molecule has 0 unspecified atom stereocenters. The normalized spacial score (nSPS) is 11.8. The van der Waals surface area contributed by atoms with Crippen LogP contribution in [0.15, 0.2) is 33.2 Å². The number of thiazole rings is 1. The molecule has 14 heteroatoms. The first-order chi connectivity index (χ1) is 15.5. The van der Waals surface area contributed by atoms with Crippen LogP contribution in [0.3, 0.4) is 0 Å². The summed E-state index contributed by atoms with van der Waals surface area (Å²) in [7, 11) is 2.79. The third-order valence-electron chi connectivity index (χ3n) is 4.80. The zero-order chi connectivity index (χ0) is 24.1. The Bertz CT molecular complexity index is 1520. The molecule has 0 saturated heterocycles. The van der Waals surface area contributed by atoms with Gasteiger partial charge in [0.05, 0.1) is 23.1 Å². The molecule has 4 aromatic rings. The van der Waals surface area contributed by atoms with Crippen LogP contribution in [-0.4, -0.2) is 24.4 Å². The van der Waals surface area contributed by atoms with Crippen molar-refractivity contribution in [3.05, 3.63) is 60.7 Å². The van der Waals surface area contributed by atoms with Gasteiger partial charge < -0.3 is 5.32 Å². The summed E-state index contributed by atoms with van der Waals surface area (Å²) in [6.07, 6.45) is -5.02. The highest BCUT2D eigenvalue weighted by molar-refractivity contribution is 7.14. The second kappa shape index (κ2) is 8.19. The van der Waals surface area contributed by atoms with Gasteiger partial charge in [0.15, 0.2) is 10.8 Å². The highest BCUT2D eigenvalue weighted by Crippen LogP contribution is 2.34. The van der Waals surface area contributed by atoms with E-state index in [9.17, 15) is 31.9 Å². The molecule has 3 aromatic heterocycles. The Hall–Kier alpha value is -3.39. The SMILES string of the molecule is Cn1c(=O)c2c(CC(=O)Nc3nc(-c4ccc(C(F)(F)F)c(F)c4)cs3)snc2n(C)c1=O. The highest BCUT2D eigenvalue weighted by atomic mass is 32.1. The third kappa shape index (κ3) is 4.18. The van der Waals surface area contributed by atoms with E-state index in [1.54, 1.807) is 0 Å². The van der Waals surface area contributed by atoms with Crippen LogP contribution in [0.1, 0.15) is 10.4 Å². The Morgan fingerprint density at radius 2 is 1.91 bits per heavy atom. The molecule has 0 spiro atoms. The average molecular weight is 499 g/mol. The summed E-state index contributed by atoms with van der Waals surface area (Å²) in [6, 6.07) is 2.45. The molecule has 0 radical (unpaired) electrons. The Balaban J connectivity index is 1.54. The summed E-state index contributed by atoms with van der Waals surface area (Å²) < 4.78 is 58.3. The van der Waals surface area contributed by atoms with Crippen LogP contribution in [0.4, 0.5) is 22.7 Å². The van der Waals surface area contributed by atoms with Crippen molar-refractivity contribution in [2.75, 3.05) is 5.32 Å². The molecule has 0 aliphatic rings. The van der Waals surface area contributed by atoms with Crippen LogP contribution in [0.25, 0.3) is 22.3 Å². The van der Waals surface area contributed by atoms with E-state index in [-0.39, 0.29) is 33.8 Å². The Kier molecular flexibility index (Phi) is 5.66. The first-order valence-electron chi connectivity index (χ1n) is 9.14. The molecule has 0 bridgehead atoms. The molecule has 1 aromatic carbocycles. The number of fused-ring (bicyclic) bond motifs is 1. The van der Waals surface area contributed by atoms with E-state index in [0.29, 0.717) is 10.9 Å². The van der Waals surface area contributed by atoms with E-state index < -0.39 is 34.7 Å². The number of nitrogens with zero attached hydrogens (tertiary/aromatic N) is 4. The van der Waals surface area contributed by atoms with Crippen molar-refractivity contribution < 1.29 is 22.4 Å². The van der Waals surface area contributed by atoms with Crippen LogP contribution >= 0.6 is 22.9 Å². The van der Waals surface area contributed by atoms with Gasteiger partial charge in [-0.1, -0.05) is 6.07 Å². The number of halogens is 4. The minimum atomic E-state index is -4.81. The molecule has 4 rings (SSSR count). The van der Waals surface area contributed by atoms with Crippen molar-refractivity contribution in [2.24, 2.45) is 14.1 Å². The van der Waals surface area contributed by atoms with Crippen molar-refractivity contribution in [3.8, 4) is 11.3 Å². The van der Waals surface area contributed by atoms with Crippen LogP contribution in [0, 0.1) is 5.82 Å². The lowest BCUT2D eigenvalue weighted by Crippen LogP contribution is -2.37. The summed E-state index contributed by atoms with van der Waals surface area (Å²) in [5, 5.41) is 4.31. The summed E-state index contributed by atoms with van der Waals surface area (Å²) in [5.74, 6) is -1.94. The Morgan fingerprint density at radius 1 is 1.18 bits per heavy atom. The first-order valence-corrected chi connectivity index (χ1v) is 10.8. The monoisotopic (exact) mass is 499 g/mol.